The second-order valence-corrected chi connectivity index (χ2v) is 13.4. The van der Waals surface area contributed by atoms with Crippen LogP contribution in [0.2, 0.25) is 0 Å². The number of nitrogens with one attached hydrogen (secondary N) is 1. The first-order chi connectivity index (χ1) is 23.1. The molecule has 0 aromatic heterocycles. The fourth-order valence-electron chi connectivity index (χ4n) is 7.95. The number of carbonyl (C=O) groups is 4. The average molecular weight is 656 g/mol. The molecule has 2 aromatic rings. The first-order valence-electron chi connectivity index (χ1n) is 17.0. The van der Waals surface area contributed by atoms with Crippen LogP contribution >= 0.6 is 0 Å². The summed E-state index contributed by atoms with van der Waals surface area (Å²) in [6.45, 7) is 7.78. The highest BCUT2D eigenvalue weighted by Crippen LogP contribution is 2.54. The summed E-state index contributed by atoms with van der Waals surface area (Å²) in [6.07, 6.45) is 6.75. The van der Waals surface area contributed by atoms with Crippen LogP contribution in [0.15, 0.2) is 72.8 Å². The van der Waals surface area contributed by atoms with E-state index < -0.39 is 53.6 Å². The number of amides is 3. The van der Waals surface area contributed by atoms with Gasteiger partial charge in [0.1, 0.15) is 23.7 Å². The van der Waals surface area contributed by atoms with Gasteiger partial charge in [0.05, 0.1) is 31.2 Å². The van der Waals surface area contributed by atoms with E-state index in [0.29, 0.717) is 18.4 Å². The highest BCUT2D eigenvalue weighted by atomic mass is 16.6. The van der Waals surface area contributed by atoms with Crippen molar-refractivity contribution >= 4 is 29.4 Å². The molecule has 0 saturated carbocycles. The summed E-state index contributed by atoms with van der Waals surface area (Å²) < 4.78 is 13.0. The molecule has 0 bridgehead atoms. The molecule has 2 saturated heterocycles. The molecule has 10 nitrogen and oxygen atoms in total. The fraction of sp³-hybridized carbons (Fsp3) is 0.474. The number of aryl methyl sites for hydroxylation is 2. The molecule has 3 amide bonds. The van der Waals surface area contributed by atoms with Crippen LogP contribution < -0.4 is 10.2 Å². The zero-order valence-corrected chi connectivity index (χ0v) is 28.0. The molecule has 0 unspecified atom stereocenters. The highest BCUT2D eigenvalue weighted by molar-refractivity contribution is 6.06. The lowest BCUT2D eigenvalue weighted by molar-refractivity contribution is -0.160. The summed E-state index contributed by atoms with van der Waals surface area (Å²) in [4.78, 5) is 60.2. The van der Waals surface area contributed by atoms with Crippen molar-refractivity contribution in [2.45, 2.75) is 76.9 Å². The van der Waals surface area contributed by atoms with Gasteiger partial charge in [0.25, 0.3) is 5.91 Å². The second kappa shape index (κ2) is 13.7. The van der Waals surface area contributed by atoms with Crippen molar-refractivity contribution in [2.75, 3.05) is 24.6 Å². The number of cyclic esters (lactones) is 1. The monoisotopic (exact) mass is 655 g/mol. The number of ether oxygens (including phenoxy) is 2. The van der Waals surface area contributed by atoms with Crippen LogP contribution in [0.1, 0.15) is 55.9 Å². The average Bonchev–Trinajstić information content (AvgIpc) is 3.47. The number of hydrogen-bond acceptors (Lipinski definition) is 7. The number of benzene rings is 2. The molecule has 1 spiro atoms. The lowest BCUT2D eigenvalue weighted by Crippen LogP contribution is -2.59. The minimum atomic E-state index is -1.50. The summed E-state index contributed by atoms with van der Waals surface area (Å²) >= 11 is 0. The maximum atomic E-state index is 15.0. The summed E-state index contributed by atoms with van der Waals surface area (Å²) in [7, 11) is 0. The maximum Gasteiger partial charge on any atom is 0.313 e. The van der Waals surface area contributed by atoms with Gasteiger partial charge in [-0.25, -0.2) is 0 Å². The van der Waals surface area contributed by atoms with Gasteiger partial charge in [-0.05, 0) is 42.9 Å². The molecule has 6 rings (SSSR count). The molecule has 4 aliphatic rings. The van der Waals surface area contributed by atoms with Crippen molar-refractivity contribution in [3.8, 4) is 0 Å². The van der Waals surface area contributed by atoms with Gasteiger partial charge in [-0.1, -0.05) is 93.1 Å². The van der Waals surface area contributed by atoms with E-state index in [1.54, 1.807) is 23.1 Å². The van der Waals surface area contributed by atoms with Gasteiger partial charge < -0.3 is 29.7 Å². The number of anilines is 1. The number of aliphatic hydroxyl groups excluding tert-OH is 1. The molecule has 4 aliphatic heterocycles. The Morgan fingerprint density at radius 2 is 1.73 bits per heavy atom. The summed E-state index contributed by atoms with van der Waals surface area (Å²) in [5.41, 5.74) is 1.78. The molecule has 0 aliphatic carbocycles. The largest absolute Gasteiger partial charge is 0.455 e. The number of fused-ring (bicyclic) bond motifs is 2. The van der Waals surface area contributed by atoms with E-state index in [0.717, 1.165) is 16.8 Å². The van der Waals surface area contributed by atoms with E-state index in [2.05, 4.69) is 5.32 Å². The molecule has 2 fully saturated rings. The van der Waals surface area contributed by atoms with Crippen LogP contribution in [0.3, 0.4) is 0 Å². The number of aliphatic hydroxyl groups is 1. The van der Waals surface area contributed by atoms with Crippen molar-refractivity contribution in [1.82, 2.24) is 10.2 Å². The van der Waals surface area contributed by atoms with Crippen LogP contribution in [0.5, 0.6) is 0 Å². The molecule has 10 heteroatoms. The summed E-state index contributed by atoms with van der Waals surface area (Å²) in [6, 6.07) is 13.2. The maximum absolute atomic E-state index is 15.0. The third kappa shape index (κ3) is 5.75. The molecule has 2 N–H and O–H groups in total. The number of allylic oxidation sites excluding steroid dienone is 1. The van der Waals surface area contributed by atoms with Crippen LogP contribution in [-0.4, -0.2) is 77.2 Å². The van der Waals surface area contributed by atoms with Crippen LogP contribution in [-0.2, 0) is 28.7 Å². The molecule has 254 valence electrons. The number of carbonyl (C=O) groups excluding carboxylic acids is 4. The molecule has 48 heavy (non-hydrogen) atoms. The Hall–Kier alpha value is -4.28. The first kappa shape index (κ1) is 33.6. The van der Waals surface area contributed by atoms with E-state index >= 15 is 4.79 Å². The third-order valence-corrected chi connectivity index (χ3v) is 10.5. The van der Waals surface area contributed by atoms with Gasteiger partial charge in [0.15, 0.2) is 0 Å². The van der Waals surface area contributed by atoms with E-state index in [9.17, 15) is 19.5 Å². The predicted molar refractivity (Wildman–Crippen MR) is 180 cm³/mol. The Labute approximate surface area is 281 Å². The van der Waals surface area contributed by atoms with Gasteiger partial charge in [-0.3, -0.25) is 19.2 Å². The second-order valence-electron chi connectivity index (χ2n) is 13.4. The third-order valence-electron chi connectivity index (χ3n) is 10.5. The minimum absolute atomic E-state index is 0.0682. The van der Waals surface area contributed by atoms with E-state index in [1.807, 2.05) is 82.3 Å². The normalized spacial score (nSPS) is 31.0. The topological polar surface area (TPSA) is 125 Å². The number of hydrogen-bond donors (Lipinski definition) is 2. The van der Waals surface area contributed by atoms with Gasteiger partial charge in [0, 0.05) is 18.7 Å². The Kier molecular flexibility index (Phi) is 9.58. The van der Waals surface area contributed by atoms with Crippen LogP contribution in [0, 0.1) is 31.6 Å². The Morgan fingerprint density at radius 3 is 2.42 bits per heavy atom. The lowest BCUT2D eigenvalue weighted by atomic mass is 9.77. The SMILES string of the molecule is CC[C@H](C)[C@H](CO)N1C(=O)[C@H]2[C@@H]3C(=O)O[C@@H](c4ccccc4)CNC(=O)CC/C=C\[C@@H]3O[C@]23C=CCN(c2c(C)cccc2C)C(=O)[C@H]13. The van der Waals surface area contributed by atoms with Gasteiger partial charge in [0.2, 0.25) is 11.8 Å². The van der Waals surface area contributed by atoms with Crippen molar-refractivity contribution in [3.63, 3.8) is 0 Å². The Morgan fingerprint density at radius 1 is 1.00 bits per heavy atom. The summed E-state index contributed by atoms with van der Waals surface area (Å²) in [5.74, 6) is -3.89. The zero-order chi connectivity index (χ0) is 34.2. The molecule has 0 radical (unpaired) electrons. The molecular weight excluding hydrogens is 610 g/mol. The lowest BCUT2D eigenvalue weighted by Gasteiger charge is -2.40. The number of esters is 1. The van der Waals surface area contributed by atoms with E-state index in [-0.39, 0.29) is 43.8 Å². The molecule has 4 heterocycles. The molecular formula is C38H45N3O7. The number of rotatable bonds is 6. The number of para-hydroxylation sites is 1. The van der Waals surface area contributed by atoms with Gasteiger partial charge >= 0.3 is 5.97 Å². The Balaban J connectivity index is 1.49. The standard InChI is InChI=1S/C38H45N3O7/c1-5-23(2)27(22-42)41-34-36(45)40(33-24(3)13-11-14-25(33)4)20-12-19-38(34)32(35(41)44)31-28(48-38)17-9-10-18-30(43)39-21-29(47-37(31)46)26-15-7-6-8-16-26/h6-9,11-17,19,23,27-29,31-32,34,42H,5,10,18,20-22H2,1-4H3,(H,39,43)/b17-9-/t23-,27-,28-,29+,31+,32+,34-,38+/m0/s1. The van der Waals surface area contributed by atoms with Crippen LogP contribution in [0.25, 0.3) is 0 Å². The van der Waals surface area contributed by atoms with Crippen molar-refractivity contribution in [1.29, 1.82) is 0 Å². The first-order valence-corrected chi connectivity index (χ1v) is 17.0. The van der Waals surface area contributed by atoms with E-state index in [1.165, 1.54) is 4.90 Å². The predicted octanol–water partition coefficient (Wildman–Crippen LogP) is 3.94. The molecule has 8 atom stereocenters. The highest BCUT2D eigenvalue weighted by Gasteiger charge is 2.73. The number of likely N-dealkylation sites (tertiary alicyclic amines) is 1. The smallest absolute Gasteiger partial charge is 0.313 e. The molecule has 2 aromatic carbocycles. The van der Waals surface area contributed by atoms with Crippen molar-refractivity contribution in [3.05, 3.63) is 89.5 Å². The van der Waals surface area contributed by atoms with Crippen molar-refractivity contribution < 1.29 is 33.8 Å². The summed E-state index contributed by atoms with van der Waals surface area (Å²) in [5, 5.41) is 13.6. The fourth-order valence-corrected chi connectivity index (χ4v) is 7.95. The Bertz CT molecular complexity index is 1600. The van der Waals surface area contributed by atoms with Crippen molar-refractivity contribution in [2.24, 2.45) is 17.8 Å². The minimum Gasteiger partial charge on any atom is -0.455 e. The van der Waals surface area contributed by atoms with Gasteiger partial charge in [-0.2, -0.15) is 0 Å². The van der Waals surface area contributed by atoms with Crippen LogP contribution in [0.4, 0.5) is 5.69 Å². The van der Waals surface area contributed by atoms with E-state index in [4.69, 9.17) is 9.47 Å². The number of nitrogens with zero attached hydrogens (tertiary/aromatic N) is 2. The zero-order valence-electron chi connectivity index (χ0n) is 28.0. The van der Waals surface area contributed by atoms with Gasteiger partial charge in [-0.15, -0.1) is 0 Å². The quantitative estimate of drug-likeness (QED) is 0.357.